The van der Waals surface area contributed by atoms with Gasteiger partial charge in [-0.05, 0) is 110 Å². The molecule has 0 bridgehead atoms. The Balaban J connectivity index is 1.02. The fraction of sp³-hybridized carbons (Fsp3) is 0.107. The van der Waals surface area contributed by atoms with Crippen molar-refractivity contribution in [2.45, 2.75) is 38.5 Å². The summed E-state index contributed by atoms with van der Waals surface area (Å²) in [5.74, 6) is 0. The maximum Gasteiger partial charge on any atom is 0.0538 e. The molecule has 1 heterocycles. The third-order valence-corrected chi connectivity index (χ3v) is 13.0. The highest BCUT2D eigenvalue weighted by Gasteiger charge is 2.42. The summed E-state index contributed by atoms with van der Waals surface area (Å²) in [4.78, 5) is 2.41. The molecule has 2 heteroatoms. The molecule has 2 aliphatic carbocycles. The van der Waals surface area contributed by atoms with E-state index in [1.807, 2.05) is 0 Å². The first-order chi connectivity index (χ1) is 28.3. The fourth-order valence-electron chi connectivity index (χ4n) is 10.1. The molecule has 0 saturated heterocycles. The van der Waals surface area contributed by atoms with E-state index in [1.54, 1.807) is 0 Å². The molecule has 11 rings (SSSR count). The predicted molar refractivity (Wildman–Crippen MR) is 244 cm³/mol. The van der Waals surface area contributed by atoms with Gasteiger partial charge in [-0.1, -0.05) is 167 Å². The molecule has 0 saturated carbocycles. The molecule has 8 aromatic carbocycles. The topological polar surface area (TPSA) is 8.17 Å². The molecule has 0 fully saturated rings. The van der Waals surface area contributed by atoms with E-state index in [0.29, 0.717) is 0 Å². The molecule has 0 unspecified atom stereocenters. The summed E-state index contributed by atoms with van der Waals surface area (Å²) in [6, 6.07) is 71.5. The fourth-order valence-corrected chi connectivity index (χ4v) is 10.1. The molecule has 0 spiro atoms. The zero-order chi connectivity index (χ0) is 39.2. The summed E-state index contributed by atoms with van der Waals surface area (Å²) < 4.78 is 2.55. The first-order valence-corrected chi connectivity index (χ1v) is 20.4. The van der Waals surface area contributed by atoms with Crippen molar-refractivity contribution in [2.24, 2.45) is 0 Å². The summed E-state index contributed by atoms with van der Waals surface area (Å²) in [7, 11) is 0. The Morgan fingerprint density at radius 2 is 0.879 bits per heavy atom. The second-order valence-electron chi connectivity index (χ2n) is 17.0. The summed E-state index contributed by atoms with van der Waals surface area (Å²) in [6.45, 7) is 9.57. The molecule has 1 aromatic heterocycles. The van der Waals surface area contributed by atoms with E-state index in [2.05, 4.69) is 231 Å². The van der Waals surface area contributed by atoms with Gasteiger partial charge in [0.2, 0.25) is 0 Å². The number of benzene rings is 8. The number of anilines is 3. The van der Waals surface area contributed by atoms with Crippen LogP contribution in [0.2, 0.25) is 0 Å². The van der Waals surface area contributed by atoms with E-state index >= 15 is 0 Å². The van der Waals surface area contributed by atoms with Crippen LogP contribution in [0.1, 0.15) is 50.1 Å². The van der Waals surface area contributed by atoms with E-state index in [4.69, 9.17) is 0 Å². The maximum absolute atomic E-state index is 2.55. The Morgan fingerprint density at radius 3 is 1.52 bits per heavy atom. The van der Waals surface area contributed by atoms with Crippen LogP contribution in [-0.4, -0.2) is 4.57 Å². The average Bonchev–Trinajstić information content (AvgIpc) is 3.83. The molecule has 0 radical (unpaired) electrons. The number of fused-ring (bicyclic) bond motifs is 8. The molecule has 9 aromatic rings. The van der Waals surface area contributed by atoms with Crippen molar-refractivity contribution in [3.05, 3.63) is 217 Å². The lowest BCUT2D eigenvalue weighted by atomic mass is 9.82. The highest BCUT2D eigenvalue weighted by Crippen LogP contribution is 2.55. The van der Waals surface area contributed by atoms with Gasteiger partial charge in [-0.25, -0.2) is 0 Å². The van der Waals surface area contributed by atoms with Gasteiger partial charge in [-0.2, -0.15) is 0 Å². The molecule has 278 valence electrons. The minimum atomic E-state index is -0.221. The highest BCUT2D eigenvalue weighted by molar-refractivity contribution is 6.03. The van der Waals surface area contributed by atoms with Crippen LogP contribution >= 0.6 is 0 Å². The number of aromatic nitrogens is 1. The molecule has 0 atom stereocenters. The smallest absolute Gasteiger partial charge is 0.0538 e. The van der Waals surface area contributed by atoms with Gasteiger partial charge in [0.05, 0.1) is 5.52 Å². The Morgan fingerprint density at radius 1 is 0.379 bits per heavy atom. The molecule has 0 aliphatic heterocycles. The third-order valence-electron chi connectivity index (χ3n) is 13.0. The first kappa shape index (κ1) is 34.4. The minimum absolute atomic E-state index is 0.139. The van der Waals surface area contributed by atoms with Gasteiger partial charge in [0.15, 0.2) is 0 Å². The molecular formula is C56H44N2. The summed E-state index contributed by atoms with van der Waals surface area (Å²) in [5, 5.41) is 1.32. The van der Waals surface area contributed by atoms with Gasteiger partial charge in [-0.15, -0.1) is 0 Å². The second kappa shape index (κ2) is 12.8. The number of nitrogens with zero attached hydrogens (tertiary/aromatic N) is 2. The van der Waals surface area contributed by atoms with Gasteiger partial charge in [-0.3, -0.25) is 0 Å². The summed E-state index contributed by atoms with van der Waals surface area (Å²) >= 11 is 0. The van der Waals surface area contributed by atoms with Crippen molar-refractivity contribution in [1.29, 1.82) is 0 Å². The molecule has 0 amide bonds. The van der Waals surface area contributed by atoms with Crippen LogP contribution in [0.4, 0.5) is 17.1 Å². The zero-order valence-corrected chi connectivity index (χ0v) is 33.4. The first-order valence-electron chi connectivity index (χ1n) is 20.4. The van der Waals surface area contributed by atoms with Crippen LogP contribution in [0, 0.1) is 0 Å². The monoisotopic (exact) mass is 744 g/mol. The average molecular weight is 745 g/mol. The second-order valence-corrected chi connectivity index (χ2v) is 17.0. The van der Waals surface area contributed by atoms with E-state index in [0.717, 1.165) is 17.1 Å². The van der Waals surface area contributed by atoms with Crippen LogP contribution in [-0.2, 0) is 10.8 Å². The van der Waals surface area contributed by atoms with Crippen molar-refractivity contribution in [3.63, 3.8) is 0 Å². The van der Waals surface area contributed by atoms with Crippen molar-refractivity contribution in [1.82, 2.24) is 4.57 Å². The third kappa shape index (κ3) is 5.11. The van der Waals surface area contributed by atoms with Gasteiger partial charge in [0, 0.05) is 50.2 Å². The van der Waals surface area contributed by atoms with Crippen LogP contribution < -0.4 is 4.90 Å². The van der Waals surface area contributed by atoms with Crippen LogP contribution in [0.3, 0.4) is 0 Å². The van der Waals surface area contributed by atoms with E-state index < -0.39 is 0 Å². The van der Waals surface area contributed by atoms with Gasteiger partial charge in [0.1, 0.15) is 0 Å². The SMILES string of the molecule is CC1(C)c2cc(N(c3ccc(-c4ccccc4)cc3)c3ccc(-c4ccccc4)cc3)ccc2-c2ccc(-n3c4c(c5ccccc53)-c3ccccc3C4(C)C)cc21. The highest BCUT2D eigenvalue weighted by atomic mass is 15.1. The van der Waals surface area contributed by atoms with Crippen LogP contribution in [0.25, 0.3) is 61.1 Å². The molecule has 2 nitrogen and oxygen atoms in total. The number of rotatable bonds is 6. The van der Waals surface area contributed by atoms with Crippen molar-refractivity contribution < 1.29 is 0 Å². The van der Waals surface area contributed by atoms with E-state index in [9.17, 15) is 0 Å². The molecule has 0 N–H and O–H groups in total. The zero-order valence-electron chi connectivity index (χ0n) is 33.4. The molecule has 58 heavy (non-hydrogen) atoms. The number of para-hydroxylation sites is 1. The maximum atomic E-state index is 2.55. The van der Waals surface area contributed by atoms with E-state index in [-0.39, 0.29) is 10.8 Å². The lowest BCUT2D eigenvalue weighted by Crippen LogP contribution is -2.20. The van der Waals surface area contributed by atoms with Crippen LogP contribution in [0.5, 0.6) is 0 Å². The number of hydrogen-bond donors (Lipinski definition) is 0. The molecule has 2 aliphatic rings. The lowest BCUT2D eigenvalue weighted by Gasteiger charge is -2.28. The minimum Gasteiger partial charge on any atom is -0.312 e. The lowest BCUT2D eigenvalue weighted by molar-refractivity contribution is 0.622. The van der Waals surface area contributed by atoms with E-state index in [1.165, 1.54) is 83.5 Å². The normalized spacial score (nSPS) is 14.1. The van der Waals surface area contributed by atoms with Crippen LogP contribution in [0.15, 0.2) is 194 Å². The molecular weight excluding hydrogens is 701 g/mol. The largest absolute Gasteiger partial charge is 0.312 e. The summed E-state index contributed by atoms with van der Waals surface area (Å²) in [5.41, 5.74) is 21.2. The van der Waals surface area contributed by atoms with Crippen molar-refractivity contribution >= 4 is 28.0 Å². The Bertz CT molecular complexity index is 2940. The Labute approximate surface area is 341 Å². The van der Waals surface area contributed by atoms with Crippen molar-refractivity contribution in [3.8, 4) is 50.2 Å². The summed E-state index contributed by atoms with van der Waals surface area (Å²) in [6.07, 6.45) is 0. The van der Waals surface area contributed by atoms with Gasteiger partial charge < -0.3 is 9.47 Å². The van der Waals surface area contributed by atoms with Gasteiger partial charge >= 0.3 is 0 Å². The predicted octanol–water partition coefficient (Wildman–Crippen LogP) is 15.0. The van der Waals surface area contributed by atoms with Crippen molar-refractivity contribution in [2.75, 3.05) is 4.90 Å². The Hall–Kier alpha value is -6.90. The Kier molecular flexibility index (Phi) is 7.59. The number of hydrogen-bond acceptors (Lipinski definition) is 1. The standard InChI is InChI=1S/C56H44N2/c1-55(2)50-35-43(57(41-27-23-39(24-28-41)37-15-7-5-8-16-37)42-29-25-40(26-30-42)38-17-9-6-10-18-38)31-33-45(50)46-34-32-44(36-51(46)55)58-52-22-14-12-20-48(52)53-47-19-11-13-21-49(47)56(3,4)54(53)58/h5-36H,1-4H3. The van der Waals surface area contributed by atoms with Gasteiger partial charge in [0.25, 0.3) is 0 Å². The quantitative estimate of drug-likeness (QED) is 0.165.